The standard InChI is InChI=1S/C25H19N3O4/c1-2-22(29)28-14-15-30-24-21(28)13-12-20-23(24)25(27-16-26-20)32-19-10-8-18(9-11-19)31-17-6-4-3-5-7-17/h2-13,16H,1,14-15H2. The predicted molar refractivity (Wildman–Crippen MR) is 121 cm³/mol. The molecule has 0 bridgehead atoms. The zero-order valence-corrected chi connectivity index (χ0v) is 17.1. The highest BCUT2D eigenvalue weighted by molar-refractivity contribution is 6.06. The number of hydrogen-bond donors (Lipinski definition) is 0. The summed E-state index contributed by atoms with van der Waals surface area (Å²) in [6.45, 7) is 4.38. The number of amides is 1. The van der Waals surface area contributed by atoms with E-state index in [9.17, 15) is 4.79 Å². The van der Waals surface area contributed by atoms with Crippen molar-refractivity contribution in [2.75, 3.05) is 18.1 Å². The lowest BCUT2D eigenvalue weighted by molar-refractivity contribution is -0.114. The molecule has 1 aliphatic heterocycles. The van der Waals surface area contributed by atoms with Crippen LogP contribution in [-0.4, -0.2) is 29.0 Å². The summed E-state index contributed by atoms with van der Waals surface area (Å²) in [6, 6.07) is 20.4. The third-order valence-electron chi connectivity index (χ3n) is 5.01. The number of benzene rings is 3. The summed E-state index contributed by atoms with van der Waals surface area (Å²) >= 11 is 0. The SMILES string of the molecule is C=CC(=O)N1CCOc2c1ccc1ncnc(Oc3ccc(Oc4ccccc4)cc3)c21. The number of ether oxygens (including phenoxy) is 3. The van der Waals surface area contributed by atoms with Crippen molar-refractivity contribution in [2.24, 2.45) is 0 Å². The van der Waals surface area contributed by atoms with Gasteiger partial charge in [0.15, 0.2) is 5.75 Å². The van der Waals surface area contributed by atoms with Gasteiger partial charge < -0.3 is 19.1 Å². The van der Waals surface area contributed by atoms with E-state index < -0.39 is 0 Å². The number of hydrogen-bond acceptors (Lipinski definition) is 6. The van der Waals surface area contributed by atoms with E-state index in [1.807, 2.05) is 54.6 Å². The summed E-state index contributed by atoms with van der Waals surface area (Å²) < 4.78 is 17.8. The number of rotatable bonds is 5. The lowest BCUT2D eigenvalue weighted by Gasteiger charge is -2.29. The zero-order valence-electron chi connectivity index (χ0n) is 17.1. The second-order valence-electron chi connectivity index (χ2n) is 7.02. The number of carbonyl (C=O) groups excluding carboxylic acids is 1. The van der Waals surface area contributed by atoms with Crippen molar-refractivity contribution < 1.29 is 19.0 Å². The molecule has 0 atom stereocenters. The van der Waals surface area contributed by atoms with E-state index in [1.54, 1.807) is 17.0 Å². The highest BCUT2D eigenvalue weighted by Crippen LogP contribution is 2.42. The van der Waals surface area contributed by atoms with E-state index in [0.717, 1.165) is 5.75 Å². The van der Waals surface area contributed by atoms with E-state index in [0.29, 0.717) is 52.9 Å². The molecule has 7 heteroatoms. The van der Waals surface area contributed by atoms with Crippen molar-refractivity contribution in [3.63, 3.8) is 0 Å². The Morgan fingerprint density at radius 1 is 0.938 bits per heavy atom. The Bertz CT molecular complexity index is 1290. The topological polar surface area (TPSA) is 73.8 Å². The third kappa shape index (κ3) is 3.72. The second kappa shape index (κ2) is 8.39. The molecule has 32 heavy (non-hydrogen) atoms. The first-order valence-corrected chi connectivity index (χ1v) is 10.1. The molecule has 3 aromatic carbocycles. The molecule has 5 rings (SSSR count). The van der Waals surface area contributed by atoms with Crippen LogP contribution in [0.15, 0.2) is 85.7 Å². The first-order valence-electron chi connectivity index (χ1n) is 10.1. The van der Waals surface area contributed by atoms with Gasteiger partial charge in [-0.2, -0.15) is 0 Å². The van der Waals surface area contributed by atoms with Crippen molar-refractivity contribution in [1.29, 1.82) is 0 Å². The first kappa shape index (κ1) is 19.6. The first-order chi connectivity index (χ1) is 15.7. The molecule has 0 saturated heterocycles. The highest BCUT2D eigenvalue weighted by atomic mass is 16.5. The number of fused-ring (bicyclic) bond motifs is 3. The van der Waals surface area contributed by atoms with Crippen molar-refractivity contribution >= 4 is 22.5 Å². The predicted octanol–water partition coefficient (Wildman–Crippen LogP) is 5.13. The lowest BCUT2D eigenvalue weighted by atomic mass is 10.1. The fourth-order valence-electron chi connectivity index (χ4n) is 3.53. The van der Waals surface area contributed by atoms with E-state index in [1.165, 1.54) is 12.4 Å². The molecule has 1 aliphatic rings. The van der Waals surface area contributed by atoms with Crippen molar-refractivity contribution in [1.82, 2.24) is 9.97 Å². The molecule has 0 spiro atoms. The Hall–Kier alpha value is -4.39. The number of anilines is 1. The Kier molecular flexibility index (Phi) is 5.13. The van der Waals surface area contributed by atoms with Gasteiger partial charge in [0.05, 0.1) is 17.7 Å². The molecule has 0 radical (unpaired) electrons. The Labute approximate surface area is 184 Å². The molecule has 4 aromatic rings. The average molecular weight is 425 g/mol. The monoisotopic (exact) mass is 425 g/mol. The Morgan fingerprint density at radius 2 is 1.66 bits per heavy atom. The smallest absolute Gasteiger partial charge is 0.250 e. The minimum absolute atomic E-state index is 0.192. The maximum absolute atomic E-state index is 12.3. The summed E-state index contributed by atoms with van der Waals surface area (Å²) in [6.07, 6.45) is 2.73. The number of nitrogens with zero attached hydrogens (tertiary/aromatic N) is 3. The summed E-state index contributed by atoms with van der Waals surface area (Å²) in [7, 11) is 0. The van der Waals surface area contributed by atoms with Crippen molar-refractivity contribution in [2.45, 2.75) is 0 Å². The molecular formula is C25H19N3O4. The fourth-order valence-corrected chi connectivity index (χ4v) is 3.53. The largest absolute Gasteiger partial charge is 0.489 e. The summed E-state index contributed by atoms with van der Waals surface area (Å²) in [4.78, 5) is 22.6. The molecule has 158 valence electrons. The van der Waals surface area contributed by atoms with Crippen molar-refractivity contribution in [3.05, 3.63) is 85.7 Å². The minimum Gasteiger partial charge on any atom is -0.489 e. The second-order valence-corrected chi connectivity index (χ2v) is 7.02. The summed E-state index contributed by atoms with van der Waals surface area (Å²) in [5.41, 5.74) is 1.30. The van der Waals surface area contributed by atoms with E-state index in [-0.39, 0.29) is 5.91 Å². The molecule has 0 aliphatic carbocycles. The molecule has 0 unspecified atom stereocenters. The van der Waals surface area contributed by atoms with Gasteiger partial charge in [0.1, 0.15) is 35.6 Å². The summed E-state index contributed by atoms with van der Waals surface area (Å²) in [5, 5.41) is 0.608. The van der Waals surface area contributed by atoms with Gasteiger partial charge in [-0.3, -0.25) is 4.79 Å². The number of carbonyl (C=O) groups is 1. The van der Waals surface area contributed by atoms with Crippen LogP contribution in [0.4, 0.5) is 5.69 Å². The maximum Gasteiger partial charge on any atom is 0.250 e. The lowest BCUT2D eigenvalue weighted by Crippen LogP contribution is -2.36. The van der Waals surface area contributed by atoms with Gasteiger partial charge in [0, 0.05) is 0 Å². The third-order valence-corrected chi connectivity index (χ3v) is 5.01. The molecule has 0 fully saturated rings. The molecule has 1 amide bonds. The van der Waals surface area contributed by atoms with Gasteiger partial charge in [0.2, 0.25) is 5.88 Å². The van der Waals surface area contributed by atoms with E-state index in [2.05, 4.69) is 16.5 Å². The number of aromatic nitrogens is 2. The molecule has 0 saturated carbocycles. The molecule has 2 heterocycles. The average Bonchev–Trinajstić information content (AvgIpc) is 2.85. The van der Waals surface area contributed by atoms with Gasteiger partial charge in [-0.15, -0.1) is 0 Å². The van der Waals surface area contributed by atoms with Crippen molar-refractivity contribution in [3.8, 4) is 28.9 Å². The van der Waals surface area contributed by atoms with Crippen LogP contribution in [-0.2, 0) is 4.79 Å². The fraction of sp³-hybridized carbons (Fsp3) is 0.0800. The van der Waals surface area contributed by atoms with Gasteiger partial charge in [0.25, 0.3) is 5.91 Å². The molecular weight excluding hydrogens is 406 g/mol. The summed E-state index contributed by atoms with van der Waals surface area (Å²) in [5.74, 6) is 2.70. The van der Waals surface area contributed by atoms with Crippen LogP contribution in [0, 0.1) is 0 Å². The van der Waals surface area contributed by atoms with Crippen LogP contribution in [0.5, 0.6) is 28.9 Å². The quantitative estimate of drug-likeness (QED) is 0.413. The van der Waals surface area contributed by atoms with Crippen LogP contribution < -0.4 is 19.1 Å². The Balaban J connectivity index is 1.47. The highest BCUT2D eigenvalue weighted by Gasteiger charge is 2.26. The minimum atomic E-state index is -0.192. The van der Waals surface area contributed by atoms with Crippen LogP contribution >= 0.6 is 0 Å². The van der Waals surface area contributed by atoms with Gasteiger partial charge in [-0.25, -0.2) is 9.97 Å². The van der Waals surface area contributed by atoms with Crippen LogP contribution in [0.3, 0.4) is 0 Å². The molecule has 7 nitrogen and oxygen atoms in total. The van der Waals surface area contributed by atoms with Gasteiger partial charge in [-0.1, -0.05) is 24.8 Å². The van der Waals surface area contributed by atoms with Crippen LogP contribution in [0.1, 0.15) is 0 Å². The van der Waals surface area contributed by atoms with Crippen LogP contribution in [0.25, 0.3) is 10.9 Å². The van der Waals surface area contributed by atoms with Gasteiger partial charge in [-0.05, 0) is 54.6 Å². The van der Waals surface area contributed by atoms with Crippen LogP contribution in [0.2, 0.25) is 0 Å². The van der Waals surface area contributed by atoms with E-state index >= 15 is 0 Å². The molecule has 0 N–H and O–H groups in total. The molecule has 1 aromatic heterocycles. The number of para-hydroxylation sites is 1. The maximum atomic E-state index is 12.3. The van der Waals surface area contributed by atoms with Gasteiger partial charge >= 0.3 is 0 Å². The zero-order chi connectivity index (χ0) is 21.9. The normalized spacial score (nSPS) is 12.6. The van der Waals surface area contributed by atoms with E-state index in [4.69, 9.17) is 14.2 Å². The Morgan fingerprint density at radius 3 is 2.41 bits per heavy atom.